The second kappa shape index (κ2) is 20.8. The Morgan fingerprint density at radius 3 is 0.824 bits per heavy atom. The van der Waals surface area contributed by atoms with Crippen molar-refractivity contribution in [3.63, 3.8) is 0 Å². The third-order valence-corrected chi connectivity index (χ3v) is 13.5. The molecule has 0 saturated heterocycles. The van der Waals surface area contributed by atoms with Crippen LogP contribution in [0.1, 0.15) is 50.7 Å². The van der Waals surface area contributed by atoms with Gasteiger partial charge in [0.05, 0.1) is 0 Å². The van der Waals surface area contributed by atoms with Crippen LogP contribution in [-0.2, 0) is 23.3 Å². The first-order chi connectivity index (χ1) is 32.4. The van der Waals surface area contributed by atoms with Crippen molar-refractivity contribution in [2.24, 2.45) is 0 Å². The number of benzene rings is 10. The first-order valence-electron chi connectivity index (χ1n) is 23.1. The van der Waals surface area contributed by atoms with Gasteiger partial charge in [0.25, 0.3) is 0 Å². The second-order valence-electron chi connectivity index (χ2n) is 18.0. The first-order valence-corrected chi connectivity index (χ1v) is 27.2. The topological polar surface area (TPSA) is 0 Å². The van der Waals surface area contributed by atoms with E-state index in [4.69, 9.17) is 0 Å². The fourth-order valence-electron chi connectivity index (χ4n) is 10.1. The van der Waals surface area contributed by atoms with Gasteiger partial charge in [-0.2, -0.15) is 12.1 Å². The van der Waals surface area contributed by atoms with E-state index >= 15 is 0 Å². The fourth-order valence-corrected chi connectivity index (χ4v) is 10.1. The summed E-state index contributed by atoms with van der Waals surface area (Å²) in [6.07, 6.45) is 0. The summed E-state index contributed by atoms with van der Waals surface area (Å²) in [6.45, 7) is 12.2. The van der Waals surface area contributed by atoms with Gasteiger partial charge in [-0.05, 0) is 66.1 Å². The standard InChI is InChI=1S/2C32H25.2CH3.Si.Zr/c2*1-21(2)24-19-31-29(27-15-7-11-22-9-3-5-13-25(22)27)17-18-30(32(31)20-24)28-16-8-12-23-10-4-6-14-26(23)28;;;;/h2*3-21H,1-2H3;2*1H3;;/q4*-1;;. The Morgan fingerprint density at radius 2 is 0.529 bits per heavy atom. The third-order valence-electron chi connectivity index (χ3n) is 13.5. The molecule has 0 amide bonds. The van der Waals surface area contributed by atoms with Crippen molar-refractivity contribution in [1.29, 1.82) is 0 Å². The molecule has 0 heterocycles. The van der Waals surface area contributed by atoms with Crippen LogP contribution in [-0.4, -0.2) is 6.88 Å². The van der Waals surface area contributed by atoms with Gasteiger partial charge in [0.15, 0.2) is 0 Å². The molecule has 12 aromatic carbocycles. The molecule has 0 aliphatic rings. The Bertz CT molecular complexity index is 3210. The molecule has 0 aromatic heterocycles. The van der Waals surface area contributed by atoms with Crippen molar-refractivity contribution in [3.8, 4) is 44.5 Å². The molecule has 0 atom stereocenters. The van der Waals surface area contributed by atoms with Crippen molar-refractivity contribution < 1.29 is 23.3 Å². The SMILES string of the molecule is CC(C)c1cc2c(-c3cccc4ccccc34)ccc(-c3cccc4ccccc34)c2[cH-]1.CC(C)c1cc2c(-c3cccc4ccccc34)ccc(-c3cccc4ccccc34)c2[cH-]1.[CH3-].[CH3-].[Si]=[Zr]. The van der Waals surface area contributed by atoms with Crippen molar-refractivity contribution in [1.82, 2.24) is 0 Å². The monoisotopic (exact) mass is 966 g/mol. The molecule has 332 valence electrons. The second-order valence-corrected chi connectivity index (χ2v) is 18.0. The van der Waals surface area contributed by atoms with Crippen LogP contribution < -0.4 is 0 Å². The average Bonchev–Trinajstić information content (AvgIpc) is 4.04. The molecule has 0 unspecified atom stereocenters. The van der Waals surface area contributed by atoms with E-state index in [1.54, 1.807) is 0 Å². The molecule has 0 aliphatic heterocycles. The van der Waals surface area contributed by atoms with E-state index in [1.807, 2.05) is 0 Å². The van der Waals surface area contributed by atoms with E-state index < -0.39 is 0 Å². The number of fused-ring (bicyclic) bond motifs is 6. The summed E-state index contributed by atoms with van der Waals surface area (Å²) in [5.74, 6) is 0.978. The zero-order valence-corrected chi connectivity index (χ0v) is 43.4. The summed E-state index contributed by atoms with van der Waals surface area (Å²) >= 11 is 1.36. The van der Waals surface area contributed by atoms with Gasteiger partial charge in [-0.25, -0.2) is 0 Å². The van der Waals surface area contributed by atoms with E-state index in [-0.39, 0.29) is 14.9 Å². The van der Waals surface area contributed by atoms with Gasteiger partial charge in [0.1, 0.15) is 0 Å². The van der Waals surface area contributed by atoms with Crippen molar-refractivity contribution >= 4 is 71.5 Å². The van der Waals surface area contributed by atoms with E-state index in [0.29, 0.717) is 11.8 Å². The van der Waals surface area contributed by atoms with Gasteiger partial charge < -0.3 is 14.9 Å². The molecule has 2 radical (unpaired) electrons. The summed E-state index contributed by atoms with van der Waals surface area (Å²) < 4.78 is 0. The summed E-state index contributed by atoms with van der Waals surface area (Å²) in [5, 5.41) is 15.7. The van der Waals surface area contributed by atoms with Crippen LogP contribution in [0.5, 0.6) is 0 Å². The minimum atomic E-state index is 0. The number of rotatable bonds is 6. The molecule has 0 spiro atoms. The van der Waals surface area contributed by atoms with Crippen molar-refractivity contribution in [2.75, 3.05) is 0 Å². The molecule has 68 heavy (non-hydrogen) atoms. The zero-order chi connectivity index (χ0) is 45.3. The Kier molecular flexibility index (Phi) is 14.7. The summed E-state index contributed by atoms with van der Waals surface area (Å²) in [5.41, 5.74) is 13.3. The molecule has 0 nitrogen and oxygen atoms in total. The predicted octanol–water partition coefficient (Wildman–Crippen LogP) is 19.2. The Balaban J connectivity index is 0.000000173. The van der Waals surface area contributed by atoms with Crippen LogP contribution in [0.15, 0.2) is 218 Å². The zero-order valence-electron chi connectivity index (χ0n) is 39.9. The van der Waals surface area contributed by atoms with Crippen LogP contribution in [0, 0.1) is 14.9 Å². The Hall–Kier alpha value is -6.44. The van der Waals surface area contributed by atoms with Gasteiger partial charge in [-0.1, -0.05) is 255 Å². The quantitative estimate of drug-likeness (QED) is 0.115. The molecule has 2 heteroatoms. The summed E-state index contributed by atoms with van der Waals surface area (Å²) in [4.78, 5) is 0. The molecule has 12 aromatic rings. The van der Waals surface area contributed by atoms with Crippen LogP contribution in [0.25, 0.3) is 109 Å². The van der Waals surface area contributed by atoms with E-state index in [2.05, 4.69) is 253 Å². The molecule has 0 saturated carbocycles. The Morgan fingerprint density at radius 1 is 0.294 bits per heavy atom. The normalized spacial score (nSPS) is 11.1. The van der Waals surface area contributed by atoms with Crippen molar-refractivity contribution in [3.05, 3.63) is 244 Å². The molecule has 0 bridgehead atoms. The number of hydrogen-bond donors (Lipinski definition) is 0. The molecule has 0 N–H and O–H groups in total. The van der Waals surface area contributed by atoms with Crippen LogP contribution in [0.3, 0.4) is 0 Å². The van der Waals surface area contributed by atoms with E-state index in [9.17, 15) is 0 Å². The summed E-state index contributed by atoms with van der Waals surface area (Å²) in [7, 11) is 0. The average molecular weight is 968 g/mol. The molecule has 0 aliphatic carbocycles. The van der Waals surface area contributed by atoms with E-state index in [1.165, 1.54) is 144 Å². The van der Waals surface area contributed by atoms with Crippen molar-refractivity contribution in [2.45, 2.75) is 39.5 Å². The van der Waals surface area contributed by atoms with Gasteiger partial charge in [-0.15, -0.1) is 44.8 Å². The predicted molar refractivity (Wildman–Crippen MR) is 298 cm³/mol. The number of hydrogen-bond acceptors (Lipinski definition) is 0. The van der Waals surface area contributed by atoms with E-state index in [0.717, 1.165) is 0 Å². The van der Waals surface area contributed by atoms with Crippen LogP contribution >= 0.6 is 0 Å². The van der Waals surface area contributed by atoms with Crippen LogP contribution in [0.4, 0.5) is 0 Å². The molecule has 12 rings (SSSR count). The molecule has 0 fully saturated rings. The first kappa shape index (κ1) is 48.0. The maximum absolute atomic E-state index is 3.06. The minimum absolute atomic E-state index is 0. The van der Waals surface area contributed by atoms with Gasteiger partial charge >= 0.3 is 30.2 Å². The maximum atomic E-state index is 3.06. The third kappa shape index (κ3) is 8.89. The van der Waals surface area contributed by atoms with Gasteiger partial charge in [0, 0.05) is 0 Å². The Labute approximate surface area is 420 Å². The fraction of sp³-hybridized carbons (Fsp3) is 0.0909. The molecular weight excluding hydrogens is 912 g/mol. The van der Waals surface area contributed by atoms with Crippen LogP contribution in [0.2, 0.25) is 0 Å². The summed E-state index contributed by atoms with van der Waals surface area (Å²) in [6, 6.07) is 80.2. The van der Waals surface area contributed by atoms with Gasteiger partial charge in [0.2, 0.25) is 0 Å². The van der Waals surface area contributed by atoms with Gasteiger partial charge in [-0.3, -0.25) is 0 Å². The molecular formula is C66H56SiZr-4.